The van der Waals surface area contributed by atoms with Crippen molar-refractivity contribution in [2.45, 2.75) is 13.8 Å². The average molecular weight is 490 g/mol. The number of thiocarbonyl (C=S) groups is 1. The summed E-state index contributed by atoms with van der Waals surface area (Å²) in [6.45, 7) is 8.79. The number of hydrogen-bond donors (Lipinski definition) is 0. The van der Waals surface area contributed by atoms with Crippen molar-refractivity contribution >= 4 is 51.9 Å². The van der Waals surface area contributed by atoms with Gasteiger partial charge < -0.3 is 14.2 Å². The first-order valence-corrected chi connectivity index (χ1v) is 11.5. The summed E-state index contributed by atoms with van der Waals surface area (Å²) in [6.07, 6.45) is 3.38. The van der Waals surface area contributed by atoms with E-state index in [9.17, 15) is 4.79 Å². The lowest BCUT2D eigenvalue weighted by atomic mass is 10.1. The number of ether oxygens (including phenoxy) is 3. The van der Waals surface area contributed by atoms with Gasteiger partial charge in [0.1, 0.15) is 23.3 Å². The number of carbonyl (C=O) groups is 1. The molecule has 0 spiro atoms. The Morgan fingerprint density at radius 2 is 1.91 bits per heavy atom. The number of methoxy groups -OCH3 is 1. The van der Waals surface area contributed by atoms with Gasteiger partial charge in [-0.25, -0.2) is 0 Å². The monoisotopic (exact) mass is 489 g/mol. The molecule has 0 aromatic heterocycles. The van der Waals surface area contributed by atoms with Gasteiger partial charge in [0.15, 0.2) is 11.5 Å². The fraction of sp³-hybridized carbons (Fsp3) is 0.250. The van der Waals surface area contributed by atoms with Crippen molar-refractivity contribution in [3.8, 4) is 17.2 Å². The van der Waals surface area contributed by atoms with Gasteiger partial charge in [0.05, 0.1) is 17.0 Å². The van der Waals surface area contributed by atoms with Crippen LogP contribution in [-0.2, 0) is 4.79 Å². The Labute approximate surface area is 203 Å². The van der Waals surface area contributed by atoms with Crippen LogP contribution in [0.1, 0.15) is 16.7 Å². The average Bonchev–Trinajstić information content (AvgIpc) is 3.02. The first-order chi connectivity index (χ1) is 15.3. The molecule has 1 amide bonds. The number of amides is 1. The van der Waals surface area contributed by atoms with Crippen LogP contribution in [0.4, 0.5) is 0 Å². The molecule has 0 bridgehead atoms. The third kappa shape index (κ3) is 5.65. The molecule has 0 saturated carbocycles. The highest BCUT2D eigenvalue weighted by Gasteiger charge is 2.31. The molecular weight excluding hydrogens is 466 g/mol. The summed E-state index contributed by atoms with van der Waals surface area (Å²) in [5.74, 6) is 1.53. The number of benzene rings is 2. The van der Waals surface area contributed by atoms with E-state index in [2.05, 4.69) is 13.5 Å². The van der Waals surface area contributed by atoms with Crippen molar-refractivity contribution < 1.29 is 19.0 Å². The molecule has 8 heteroatoms. The van der Waals surface area contributed by atoms with Crippen molar-refractivity contribution in [1.82, 2.24) is 4.90 Å². The number of rotatable bonds is 9. The molecule has 1 heterocycles. The highest BCUT2D eigenvalue weighted by Crippen LogP contribution is 2.39. The van der Waals surface area contributed by atoms with Crippen molar-refractivity contribution in [2.75, 3.05) is 26.9 Å². The maximum Gasteiger partial charge on any atom is 0.266 e. The minimum absolute atomic E-state index is 0.154. The van der Waals surface area contributed by atoms with Crippen LogP contribution in [0.25, 0.3) is 6.08 Å². The minimum atomic E-state index is -0.154. The van der Waals surface area contributed by atoms with Crippen LogP contribution in [0.2, 0.25) is 5.02 Å². The van der Waals surface area contributed by atoms with Crippen LogP contribution in [0.5, 0.6) is 17.2 Å². The molecule has 1 fully saturated rings. The summed E-state index contributed by atoms with van der Waals surface area (Å²) < 4.78 is 17.6. The van der Waals surface area contributed by atoms with Gasteiger partial charge in [0.2, 0.25) is 0 Å². The number of carbonyl (C=O) groups excluding carboxylic acids is 1. The third-order valence-corrected chi connectivity index (χ3v) is 6.47. The highest BCUT2D eigenvalue weighted by atomic mass is 35.5. The van der Waals surface area contributed by atoms with Crippen molar-refractivity contribution in [3.63, 3.8) is 0 Å². The quantitative estimate of drug-likeness (QED) is 0.192. The Balaban J connectivity index is 1.68. The zero-order chi connectivity index (χ0) is 23.3. The Morgan fingerprint density at radius 3 is 2.59 bits per heavy atom. The maximum atomic E-state index is 12.5. The molecule has 1 aliphatic heterocycles. The van der Waals surface area contributed by atoms with E-state index in [0.717, 1.165) is 5.75 Å². The maximum absolute atomic E-state index is 12.5. The molecule has 3 rings (SSSR count). The van der Waals surface area contributed by atoms with Crippen LogP contribution in [0.3, 0.4) is 0 Å². The first-order valence-electron chi connectivity index (χ1n) is 9.90. The van der Waals surface area contributed by atoms with E-state index >= 15 is 0 Å². The molecule has 0 unspecified atom stereocenters. The Hall–Kier alpha value is -2.48. The topological polar surface area (TPSA) is 48.0 Å². The van der Waals surface area contributed by atoms with Gasteiger partial charge in [-0.1, -0.05) is 47.7 Å². The molecule has 0 radical (unpaired) electrons. The smallest absolute Gasteiger partial charge is 0.266 e. The van der Waals surface area contributed by atoms with Gasteiger partial charge in [-0.05, 0) is 60.9 Å². The minimum Gasteiger partial charge on any atom is -0.493 e. The molecule has 1 aliphatic rings. The van der Waals surface area contributed by atoms with Crippen molar-refractivity contribution in [1.29, 1.82) is 0 Å². The van der Waals surface area contributed by atoms with Gasteiger partial charge >= 0.3 is 0 Å². The SMILES string of the molecule is C=CCN1C(=O)C(=Cc2cc(Cl)c(OCCOc3ccc(C)c(C)c3)c(OC)c2)SC1=S. The van der Waals surface area contributed by atoms with Gasteiger partial charge in [0, 0.05) is 6.54 Å². The van der Waals surface area contributed by atoms with Crippen LogP contribution >= 0.6 is 35.6 Å². The summed E-state index contributed by atoms with van der Waals surface area (Å²) in [7, 11) is 1.54. The fourth-order valence-electron chi connectivity index (χ4n) is 3.01. The fourth-order valence-corrected chi connectivity index (χ4v) is 4.56. The lowest BCUT2D eigenvalue weighted by Gasteiger charge is -2.14. The third-order valence-electron chi connectivity index (χ3n) is 4.81. The van der Waals surface area contributed by atoms with E-state index in [1.54, 1.807) is 24.3 Å². The summed E-state index contributed by atoms with van der Waals surface area (Å²) in [5, 5.41) is 0.378. The van der Waals surface area contributed by atoms with E-state index < -0.39 is 0 Å². The summed E-state index contributed by atoms with van der Waals surface area (Å²) >= 11 is 13.0. The van der Waals surface area contributed by atoms with E-state index in [1.807, 2.05) is 25.1 Å². The van der Waals surface area contributed by atoms with Gasteiger partial charge in [-0.15, -0.1) is 6.58 Å². The Morgan fingerprint density at radius 1 is 1.16 bits per heavy atom. The lowest BCUT2D eigenvalue weighted by Crippen LogP contribution is -2.27. The van der Waals surface area contributed by atoms with E-state index in [1.165, 1.54) is 34.9 Å². The lowest BCUT2D eigenvalue weighted by molar-refractivity contribution is -0.121. The number of aryl methyl sites for hydroxylation is 2. The van der Waals surface area contributed by atoms with E-state index in [0.29, 0.717) is 51.1 Å². The zero-order valence-electron chi connectivity index (χ0n) is 18.1. The second-order valence-corrected chi connectivity index (χ2v) is 9.14. The van der Waals surface area contributed by atoms with Crippen LogP contribution < -0.4 is 14.2 Å². The molecule has 168 valence electrons. The Kier molecular flexibility index (Phi) is 8.23. The second kappa shape index (κ2) is 10.9. The molecule has 2 aromatic rings. The number of halogens is 1. The normalized spacial score (nSPS) is 14.8. The second-order valence-electron chi connectivity index (χ2n) is 7.06. The predicted octanol–water partition coefficient (Wildman–Crippen LogP) is 5.81. The van der Waals surface area contributed by atoms with Gasteiger partial charge in [-0.2, -0.15) is 0 Å². The van der Waals surface area contributed by atoms with Crippen molar-refractivity contribution in [2.24, 2.45) is 0 Å². The van der Waals surface area contributed by atoms with Crippen molar-refractivity contribution in [3.05, 3.63) is 69.6 Å². The number of nitrogens with zero attached hydrogens (tertiary/aromatic N) is 1. The first kappa shape index (κ1) is 24.2. The standard InChI is InChI=1S/C24H24ClNO4S2/c1-5-8-26-23(27)21(32-24(26)31)14-17-12-19(25)22(20(13-17)28-4)30-10-9-29-18-7-6-15(2)16(3)11-18/h5-7,11-14H,1,8-10H2,2-4H3. The summed E-state index contributed by atoms with van der Waals surface area (Å²) in [5.41, 5.74) is 3.10. The predicted molar refractivity (Wildman–Crippen MR) is 135 cm³/mol. The van der Waals surface area contributed by atoms with Crippen LogP contribution in [-0.4, -0.2) is 42.0 Å². The van der Waals surface area contributed by atoms with E-state index in [4.69, 9.17) is 38.0 Å². The molecule has 0 atom stereocenters. The largest absolute Gasteiger partial charge is 0.493 e. The van der Waals surface area contributed by atoms with Gasteiger partial charge in [-0.3, -0.25) is 9.69 Å². The van der Waals surface area contributed by atoms with Crippen LogP contribution in [0, 0.1) is 13.8 Å². The number of hydrogen-bond acceptors (Lipinski definition) is 6. The zero-order valence-corrected chi connectivity index (χ0v) is 20.5. The molecule has 32 heavy (non-hydrogen) atoms. The Bertz CT molecular complexity index is 1080. The van der Waals surface area contributed by atoms with Gasteiger partial charge in [0.25, 0.3) is 5.91 Å². The summed E-state index contributed by atoms with van der Waals surface area (Å²) in [4.78, 5) is 14.6. The highest BCUT2D eigenvalue weighted by molar-refractivity contribution is 8.26. The molecule has 0 N–H and O–H groups in total. The molecular formula is C24H24ClNO4S2. The van der Waals surface area contributed by atoms with Crippen LogP contribution in [0.15, 0.2) is 47.9 Å². The molecule has 5 nitrogen and oxygen atoms in total. The summed E-state index contributed by atoms with van der Waals surface area (Å²) in [6, 6.07) is 9.45. The van der Waals surface area contributed by atoms with E-state index in [-0.39, 0.29) is 5.91 Å². The molecule has 0 aliphatic carbocycles. The molecule has 2 aromatic carbocycles. The number of thioether (sulfide) groups is 1. The molecule has 1 saturated heterocycles.